The highest BCUT2D eigenvalue weighted by atomic mass is 79.9. The highest BCUT2D eigenvalue weighted by molar-refractivity contribution is 9.10. The summed E-state index contributed by atoms with van der Waals surface area (Å²) < 4.78 is 7.04. The molecule has 5 rings (SSSR count). The third kappa shape index (κ3) is 3.95. The molecule has 5 aromatic rings. The van der Waals surface area contributed by atoms with Crippen molar-refractivity contribution in [3.05, 3.63) is 101 Å². The summed E-state index contributed by atoms with van der Waals surface area (Å²) in [4.78, 5) is 9.18. The van der Waals surface area contributed by atoms with Gasteiger partial charge in [-0.3, -0.25) is 4.99 Å². The van der Waals surface area contributed by atoms with Gasteiger partial charge in [0.05, 0.1) is 5.69 Å². The molecule has 30 heavy (non-hydrogen) atoms. The fraction of sp³-hybridized carbons (Fsp3) is 0. The number of nitrogens with zero attached hydrogens (tertiary/aromatic N) is 2. The van der Waals surface area contributed by atoms with Crippen molar-refractivity contribution in [1.29, 1.82) is 0 Å². The number of allylic oxidation sites excluding steroid dienone is 1. The fourth-order valence-corrected chi connectivity index (χ4v) is 3.56. The largest absolute Gasteiger partial charge is 0.436 e. The van der Waals surface area contributed by atoms with E-state index in [1.165, 1.54) is 10.8 Å². The predicted octanol–water partition coefficient (Wildman–Crippen LogP) is 7.83. The minimum atomic E-state index is 0.618. The lowest BCUT2D eigenvalue weighted by Crippen LogP contribution is -1.78. The number of benzene rings is 4. The molecule has 0 atom stereocenters. The number of oxazole rings is 1. The first-order chi connectivity index (χ1) is 14.7. The Morgan fingerprint density at radius 2 is 1.67 bits per heavy atom. The maximum Gasteiger partial charge on any atom is 0.227 e. The van der Waals surface area contributed by atoms with Gasteiger partial charge in [0.15, 0.2) is 5.58 Å². The first kappa shape index (κ1) is 18.5. The molecule has 0 unspecified atom stereocenters. The molecule has 1 aromatic heterocycles. The number of hydrogen-bond donors (Lipinski definition) is 0. The van der Waals surface area contributed by atoms with E-state index in [-0.39, 0.29) is 0 Å². The Balaban J connectivity index is 1.38. The molecule has 144 valence electrons. The summed E-state index contributed by atoms with van der Waals surface area (Å²) >= 11 is 3.44. The lowest BCUT2D eigenvalue weighted by molar-refractivity contribution is 0.620. The Bertz CT molecular complexity index is 1400. The Hall–Kier alpha value is -3.50. The van der Waals surface area contributed by atoms with Gasteiger partial charge in [0.25, 0.3) is 0 Å². The van der Waals surface area contributed by atoms with Crippen LogP contribution in [0.2, 0.25) is 0 Å². The van der Waals surface area contributed by atoms with Crippen LogP contribution in [-0.4, -0.2) is 11.2 Å². The quantitative estimate of drug-likeness (QED) is 0.260. The normalized spacial score (nSPS) is 11.9. The van der Waals surface area contributed by atoms with Crippen LogP contribution in [0, 0.1) is 0 Å². The number of aliphatic imine (C=N–C) groups is 1. The van der Waals surface area contributed by atoms with Gasteiger partial charge < -0.3 is 4.42 Å². The minimum absolute atomic E-state index is 0.618. The van der Waals surface area contributed by atoms with Crippen molar-refractivity contribution < 1.29 is 4.42 Å². The van der Waals surface area contributed by atoms with Gasteiger partial charge in [-0.1, -0.05) is 64.5 Å². The van der Waals surface area contributed by atoms with E-state index in [0.717, 1.165) is 32.4 Å². The first-order valence-corrected chi connectivity index (χ1v) is 10.4. The topological polar surface area (TPSA) is 38.4 Å². The number of hydrogen-bond acceptors (Lipinski definition) is 3. The molecule has 0 N–H and O–H groups in total. The van der Waals surface area contributed by atoms with E-state index in [1.807, 2.05) is 72.8 Å². The van der Waals surface area contributed by atoms with E-state index in [4.69, 9.17) is 4.42 Å². The molecule has 0 aliphatic rings. The van der Waals surface area contributed by atoms with Crippen molar-refractivity contribution in [1.82, 2.24) is 4.98 Å². The second kappa shape index (κ2) is 8.09. The van der Waals surface area contributed by atoms with E-state index < -0.39 is 0 Å². The molecule has 0 saturated heterocycles. The Morgan fingerprint density at radius 3 is 2.53 bits per heavy atom. The number of fused-ring (bicyclic) bond motifs is 2. The molecule has 0 aliphatic heterocycles. The van der Waals surface area contributed by atoms with Crippen molar-refractivity contribution in [3.8, 4) is 11.5 Å². The van der Waals surface area contributed by atoms with Crippen LogP contribution in [0.25, 0.3) is 39.4 Å². The zero-order valence-corrected chi connectivity index (χ0v) is 17.6. The van der Waals surface area contributed by atoms with Crippen LogP contribution in [0.1, 0.15) is 5.56 Å². The van der Waals surface area contributed by atoms with E-state index in [1.54, 1.807) is 6.21 Å². The monoisotopic (exact) mass is 452 g/mol. The van der Waals surface area contributed by atoms with Crippen LogP contribution in [-0.2, 0) is 0 Å². The molecule has 0 saturated carbocycles. The molecule has 3 nitrogen and oxygen atoms in total. The van der Waals surface area contributed by atoms with Crippen molar-refractivity contribution in [2.45, 2.75) is 0 Å². The van der Waals surface area contributed by atoms with E-state index in [2.05, 4.69) is 50.2 Å². The number of rotatable bonds is 4. The van der Waals surface area contributed by atoms with Crippen LogP contribution in [0.4, 0.5) is 5.69 Å². The summed E-state index contributed by atoms with van der Waals surface area (Å²) in [6.45, 7) is 0. The second-order valence-electron chi connectivity index (χ2n) is 6.92. The zero-order valence-electron chi connectivity index (χ0n) is 16.0. The highest BCUT2D eigenvalue weighted by Gasteiger charge is 2.09. The van der Waals surface area contributed by atoms with E-state index in [9.17, 15) is 0 Å². The molecule has 0 aliphatic carbocycles. The average Bonchev–Trinajstić information content (AvgIpc) is 3.21. The Labute approximate surface area is 182 Å². The fourth-order valence-electron chi connectivity index (χ4n) is 3.30. The summed E-state index contributed by atoms with van der Waals surface area (Å²) in [5.74, 6) is 0.618. The lowest BCUT2D eigenvalue weighted by Gasteiger charge is -1.99. The van der Waals surface area contributed by atoms with Gasteiger partial charge >= 0.3 is 0 Å². The van der Waals surface area contributed by atoms with Crippen LogP contribution in [0.5, 0.6) is 0 Å². The van der Waals surface area contributed by atoms with Crippen LogP contribution in [0.15, 0.2) is 105 Å². The molecular weight excluding hydrogens is 436 g/mol. The maximum absolute atomic E-state index is 5.97. The number of aromatic nitrogens is 1. The molecule has 0 bridgehead atoms. The molecule has 4 aromatic carbocycles. The molecule has 1 heterocycles. The molecule has 0 fully saturated rings. The van der Waals surface area contributed by atoms with Crippen molar-refractivity contribution in [2.24, 2.45) is 4.99 Å². The van der Waals surface area contributed by atoms with Crippen molar-refractivity contribution in [3.63, 3.8) is 0 Å². The number of halogens is 1. The summed E-state index contributed by atoms with van der Waals surface area (Å²) in [6, 6.07) is 28.4. The third-order valence-corrected chi connectivity index (χ3v) is 5.36. The maximum atomic E-state index is 5.97. The molecule has 0 radical (unpaired) electrons. The third-order valence-electron chi connectivity index (χ3n) is 4.84. The summed E-state index contributed by atoms with van der Waals surface area (Å²) in [6.07, 6.45) is 5.73. The SMILES string of the molecule is Brc1ccc(/C=C/C=Nc2ccc3oc(-c4ccc5ccccc5c4)nc3c2)cc1. The van der Waals surface area contributed by atoms with Crippen molar-refractivity contribution in [2.75, 3.05) is 0 Å². The van der Waals surface area contributed by atoms with Crippen LogP contribution < -0.4 is 0 Å². The molecule has 4 heteroatoms. The average molecular weight is 453 g/mol. The summed E-state index contributed by atoms with van der Waals surface area (Å²) in [5, 5.41) is 2.37. The summed E-state index contributed by atoms with van der Waals surface area (Å²) in [7, 11) is 0. The van der Waals surface area contributed by atoms with E-state index in [0.29, 0.717) is 5.89 Å². The van der Waals surface area contributed by atoms with Crippen LogP contribution >= 0.6 is 15.9 Å². The van der Waals surface area contributed by atoms with Gasteiger partial charge in [0.1, 0.15) is 5.52 Å². The predicted molar refractivity (Wildman–Crippen MR) is 128 cm³/mol. The lowest BCUT2D eigenvalue weighted by atomic mass is 10.1. The highest BCUT2D eigenvalue weighted by Crippen LogP contribution is 2.29. The van der Waals surface area contributed by atoms with E-state index >= 15 is 0 Å². The standard InChI is InChI=1S/C26H17BrN2O/c27-22-11-7-18(8-12-22)4-3-15-28-23-13-14-25-24(17-23)29-26(30-25)21-10-9-19-5-1-2-6-20(19)16-21/h1-17H/b4-3+,28-15?. The Morgan fingerprint density at radius 1 is 0.833 bits per heavy atom. The molecular formula is C26H17BrN2O. The van der Waals surface area contributed by atoms with Crippen LogP contribution in [0.3, 0.4) is 0 Å². The first-order valence-electron chi connectivity index (χ1n) is 9.61. The smallest absolute Gasteiger partial charge is 0.227 e. The molecule has 0 spiro atoms. The van der Waals surface area contributed by atoms with Gasteiger partial charge in [0.2, 0.25) is 5.89 Å². The molecule has 0 amide bonds. The van der Waals surface area contributed by atoms with Crippen molar-refractivity contribution >= 4 is 55.8 Å². The van der Waals surface area contributed by atoms with Gasteiger partial charge in [0, 0.05) is 16.3 Å². The van der Waals surface area contributed by atoms with Gasteiger partial charge in [-0.15, -0.1) is 0 Å². The summed E-state index contributed by atoms with van der Waals surface area (Å²) in [5.41, 5.74) is 4.47. The Kier molecular flexibility index (Phi) is 4.99. The van der Waals surface area contributed by atoms with Gasteiger partial charge in [-0.2, -0.15) is 0 Å². The second-order valence-corrected chi connectivity index (χ2v) is 7.84. The minimum Gasteiger partial charge on any atom is -0.436 e. The van der Waals surface area contributed by atoms with Gasteiger partial charge in [-0.25, -0.2) is 4.98 Å². The van der Waals surface area contributed by atoms with Gasteiger partial charge in [-0.05, 0) is 64.9 Å². The zero-order chi connectivity index (χ0) is 20.3.